The molecule has 0 fully saturated rings. The largest absolute Gasteiger partial charge is 0.272 e. The van der Waals surface area contributed by atoms with E-state index < -0.39 is 0 Å². The normalized spacial score (nSPS) is 20.4. The molecule has 5 aromatic carbocycles. The molecule has 3 atom stereocenters. The Kier molecular flexibility index (Phi) is 6.63. The van der Waals surface area contributed by atoms with E-state index in [9.17, 15) is 0 Å². The molecule has 0 spiro atoms. The van der Waals surface area contributed by atoms with Crippen LogP contribution >= 0.6 is 0 Å². The van der Waals surface area contributed by atoms with Gasteiger partial charge < -0.3 is 0 Å². The molecule has 0 amide bonds. The highest BCUT2D eigenvalue weighted by molar-refractivity contribution is 5.84. The third-order valence-corrected chi connectivity index (χ3v) is 11.6. The van der Waals surface area contributed by atoms with Crippen molar-refractivity contribution in [1.29, 1.82) is 0 Å². The first-order valence-corrected chi connectivity index (χ1v) is 18.0. The van der Waals surface area contributed by atoms with Gasteiger partial charge in [0.05, 0.1) is 16.7 Å². The number of hydrogen-bond donors (Lipinski definition) is 0. The Morgan fingerprint density at radius 2 is 1.39 bits per heavy atom. The molecule has 0 bridgehead atoms. The summed E-state index contributed by atoms with van der Waals surface area (Å²) in [4.78, 5) is 15.8. The smallest absolute Gasteiger partial charge is 0.160 e. The van der Waals surface area contributed by atoms with E-state index in [-0.39, 0.29) is 11.5 Å². The number of fused-ring (bicyclic) bond motifs is 7. The van der Waals surface area contributed by atoms with Gasteiger partial charge in [0.15, 0.2) is 5.82 Å². The zero-order valence-corrected chi connectivity index (χ0v) is 28.8. The lowest BCUT2D eigenvalue weighted by Crippen LogP contribution is -2.36. The first-order valence-electron chi connectivity index (χ1n) is 18.0. The summed E-state index contributed by atoms with van der Waals surface area (Å²) in [6, 6.07) is 45.1. The predicted octanol–water partition coefficient (Wildman–Crippen LogP) is 9.33. The fraction of sp³-hybridized carbons (Fsp3) is 0.146. The third-order valence-electron chi connectivity index (χ3n) is 11.6. The van der Waals surface area contributed by atoms with Crippen LogP contribution in [0.3, 0.4) is 0 Å². The molecule has 10 rings (SSSR count). The number of benzene rings is 5. The molecule has 2 heterocycles. The van der Waals surface area contributed by atoms with Gasteiger partial charge in [0, 0.05) is 39.8 Å². The number of para-hydroxylation sites is 1. The minimum Gasteiger partial charge on any atom is -0.272 e. The highest BCUT2D eigenvalue weighted by Gasteiger charge is 2.45. The fourth-order valence-electron chi connectivity index (χ4n) is 9.07. The van der Waals surface area contributed by atoms with Crippen LogP contribution in [0.15, 0.2) is 168 Å². The molecule has 51 heavy (non-hydrogen) atoms. The van der Waals surface area contributed by atoms with Crippen molar-refractivity contribution in [3.63, 3.8) is 0 Å². The lowest BCUT2D eigenvalue weighted by atomic mass is 9.72. The number of rotatable bonds is 4. The van der Waals surface area contributed by atoms with E-state index in [4.69, 9.17) is 21.5 Å². The van der Waals surface area contributed by atoms with Gasteiger partial charge in [0.1, 0.15) is 6.04 Å². The molecule has 6 aromatic rings. The van der Waals surface area contributed by atoms with Crippen LogP contribution in [0.4, 0.5) is 0 Å². The summed E-state index contributed by atoms with van der Waals surface area (Å²) in [6.45, 7) is 9.50. The van der Waals surface area contributed by atoms with Gasteiger partial charge >= 0.3 is 0 Å². The van der Waals surface area contributed by atoms with E-state index in [1.165, 1.54) is 33.4 Å². The number of allylic oxidation sites excluding steroid dienone is 2. The van der Waals surface area contributed by atoms with Crippen LogP contribution in [-0.2, 0) is 11.8 Å². The van der Waals surface area contributed by atoms with Gasteiger partial charge in [-0.2, -0.15) is 0 Å². The van der Waals surface area contributed by atoms with Crippen LogP contribution in [-0.4, -0.2) is 16.0 Å². The van der Waals surface area contributed by atoms with E-state index in [1.807, 2.05) is 0 Å². The Labute approximate surface area is 298 Å². The van der Waals surface area contributed by atoms with Gasteiger partial charge in [-0.15, -0.1) is 0 Å². The average molecular weight is 656 g/mol. The van der Waals surface area contributed by atoms with E-state index >= 15 is 0 Å². The SMILES string of the molecule is C=C1C(c2ccc(-c3nc(-c4ccccc4)c4c(n3)-c3ccccc3C4)cc2)=c2ccccc2=NC1C1=CC2c3ccccc3C(C)(C)C2C=C1. The summed E-state index contributed by atoms with van der Waals surface area (Å²) in [5.74, 6) is 1.50. The molecule has 3 nitrogen and oxygen atoms in total. The second-order valence-electron chi connectivity index (χ2n) is 14.8. The molecule has 0 saturated heterocycles. The lowest BCUT2D eigenvalue weighted by molar-refractivity contribution is 0.392. The van der Waals surface area contributed by atoms with Crippen molar-refractivity contribution in [2.24, 2.45) is 10.9 Å². The summed E-state index contributed by atoms with van der Waals surface area (Å²) in [7, 11) is 0. The zero-order chi connectivity index (χ0) is 34.3. The average Bonchev–Trinajstić information content (AvgIpc) is 3.66. The van der Waals surface area contributed by atoms with E-state index in [0.717, 1.165) is 62.0 Å². The van der Waals surface area contributed by atoms with Crippen LogP contribution in [0, 0.1) is 5.92 Å². The molecule has 4 aliphatic rings. The van der Waals surface area contributed by atoms with Gasteiger partial charge in [-0.05, 0) is 56.4 Å². The third kappa shape index (κ3) is 4.61. The van der Waals surface area contributed by atoms with Crippen molar-refractivity contribution in [3.8, 4) is 33.9 Å². The Balaban J connectivity index is 1.05. The predicted molar refractivity (Wildman–Crippen MR) is 207 cm³/mol. The molecule has 1 aromatic heterocycles. The molecule has 3 aliphatic carbocycles. The molecule has 0 N–H and O–H groups in total. The molecule has 0 radical (unpaired) electrons. The summed E-state index contributed by atoms with van der Waals surface area (Å²) < 4.78 is 0. The van der Waals surface area contributed by atoms with E-state index in [0.29, 0.717) is 11.8 Å². The first kappa shape index (κ1) is 29.9. The summed E-state index contributed by atoms with van der Waals surface area (Å²) in [6.07, 6.45) is 8.06. The van der Waals surface area contributed by atoms with Crippen molar-refractivity contribution >= 4 is 5.57 Å². The van der Waals surface area contributed by atoms with Crippen LogP contribution in [0.1, 0.15) is 47.6 Å². The van der Waals surface area contributed by atoms with E-state index in [1.54, 1.807) is 0 Å². The fourth-order valence-corrected chi connectivity index (χ4v) is 9.07. The standard InChI is InChI=1S/C48H37N3/c1-29-43(37-18-10-12-20-42(37)49-44(29)34-25-26-41-38(28-34)36-17-9-11-19-40(36)48(41,2)3)30-21-23-32(24-22-30)47-50-45(31-13-5-4-6-14-31)39-27-33-15-7-8-16-35(33)46(39)51-47/h4-26,28,38,41,44H,1,27H2,2-3H3. The second-order valence-corrected chi connectivity index (χ2v) is 14.8. The summed E-state index contributed by atoms with van der Waals surface area (Å²) in [5, 5.41) is 2.12. The van der Waals surface area contributed by atoms with Gasteiger partial charge in [0.2, 0.25) is 0 Å². The minimum atomic E-state index is -0.156. The minimum absolute atomic E-state index is 0.0833. The van der Waals surface area contributed by atoms with Crippen molar-refractivity contribution in [2.75, 3.05) is 0 Å². The van der Waals surface area contributed by atoms with Crippen LogP contribution in [0.25, 0.3) is 39.5 Å². The van der Waals surface area contributed by atoms with Crippen molar-refractivity contribution in [1.82, 2.24) is 9.97 Å². The summed E-state index contributed by atoms with van der Waals surface area (Å²) >= 11 is 0. The Bertz CT molecular complexity index is 2610. The molecule has 1 aliphatic heterocycles. The number of nitrogens with zero attached hydrogens (tertiary/aromatic N) is 3. The van der Waals surface area contributed by atoms with Crippen LogP contribution < -0.4 is 10.6 Å². The molecule has 3 heteroatoms. The Morgan fingerprint density at radius 1 is 0.686 bits per heavy atom. The number of aromatic nitrogens is 2. The van der Waals surface area contributed by atoms with E-state index in [2.05, 4.69) is 159 Å². The summed E-state index contributed by atoms with van der Waals surface area (Å²) in [5.41, 5.74) is 15.3. The van der Waals surface area contributed by atoms with Gasteiger partial charge in [-0.3, -0.25) is 4.99 Å². The lowest BCUT2D eigenvalue weighted by Gasteiger charge is -2.32. The molecule has 244 valence electrons. The quantitative estimate of drug-likeness (QED) is 0.190. The van der Waals surface area contributed by atoms with Gasteiger partial charge in [-0.25, -0.2) is 9.97 Å². The maximum absolute atomic E-state index is 5.33. The molecule has 3 unspecified atom stereocenters. The maximum atomic E-state index is 5.33. The van der Waals surface area contributed by atoms with Crippen molar-refractivity contribution in [3.05, 3.63) is 202 Å². The van der Waals surface area contributed by atoms with Gasteiger partial charge in [0.25, 0.3) is 0 Å². The van der Waals surface area contributed by atoms with Crippen LogP contribution in [0.5, 0.6) is 0 Å². The molecular weight excluding hydrogens is 619 g/mol. The van der Waals surface area contributed by atoms with Gasteiger partial charge in [-0.1, -0.05) is 160 Å². The topological polar surface area (TPSA) is 38.1 Å². The van der Waals surface area contributed by atoms with Crippen molar-refractivity contribution < 1.29 is 0 Å². The monoisotopic (exact) mass is 655 g/mol. The second kappa shape index (κ2) is 11.3. The highest BCUT2D eigenvalue weighted by Crippen LogP contribution is 2.54. The maximum Gasteiger partial charge on any atom is 0.160 e. The highest BCUT2D eigenvalue weighted by atomic mass is 14.9. The Morgan fingerprint density at radius 3 is 2.25 bits per heavy atom. The first-order chi connectivity index (χ1) is 25.0. The molecular formula is C48H37N3. The number of hydrogen-bond acceptors (Lipinski definition) is 3. The molecule has 0 saturated carbocycles. The van der Waals surface area contributed by atoms with Crippen molar-refractivity contribution in [2.45, 2.75) is 37.6 Å². The zero-order valence-electron chi connectivity index (χ0n) is 28.8. The Hall–Kier alpha value is -5.93. The van der Waals surface area contributed by atoms with Crippen LogP contribution in [0.2, 0.25) is 0 Å².